The molecule has 1 aromatic carbocycles. The number of aromatic nitrogens is 3. The minimum Gasteiger partial charge on any atom is -0.383 e. The summed E-state index contributed by atoms with van der Waals surface area (Å²) in [5, 5.41) is 12.5. The molecule has 2 N–H and O–H groups in total. The van der Waals surface area contributed by atoms with Gasteiger partial charge in [-0.15, -0.1) is 11.3 Å². The van der Waals surface area contributed by atoms with Gasteiger partial charge in [0.2, 0.25) is 0 Å². The van der Waals surface area contributed by atoms with Gasteiger partial charge in [-0.2, -0.15) is 5.10 Å². The van der Waals surface area contributed by atoms with Gasteiger partial charge in [0.05, 0.1) is 25.0 Å². The van der Waals surface area contributed by atoms with Crippen LogP contribution in [0.2, 0.25) is 0 Å². The van der Waals surface area contributed by atoms with Crippen molar-refractivity contribution in [3.63, 3.8) is 0 Å². The number of methoxy groups -OCH3 is 1. The number of carbonyl (C=O) groups is 1. The van der Waals surface area contributed by atoms with Crippen molar-refractivity contribution in [2.45, 2.75) is 6.54 Å². The van der Waals surface area contributed by atoms with E-state index < -0.39 is 0 Å². The molecule has 2 heterocycles. The minimum absolute atomic E-state index is 0.322. The number of benzene rings is 1. The minimum atomic E-state index is -0.322. The Morgan fingerprint density at radius 3 is 3.00 bits per heavy atom. The van der Waals surface area contributed by atoms with E-state index >= 15 is 0 Å². The number of carbonyl (C=O) groups excluding carboxylic acids is 1. The van der Waals surface area contributed by atoms with Crippen molar-refractivity contribution < 1.29 is 9.53 Å². The van der Waals surface area contributed by atoms with Crippen LogP contribution in [-0.2, 0) is 11.3 Å². The highest BCUT2D eigenvalue weighted by Crippen LogP contribution is 2.24. The molecule has 0 saturated heterocycles. The second kappa shape index (κ2) is 7.71. The fourth-order valence-electron chi connectivity index (χ4n) is 2.12. The lowest BCUT2D eigenvalue weighted by atomic mass is 10.2. The fraction of sp³-hybridized carbons (Fsp3) is 0.188. The van der Waals surface area contributed by atoms with Crippen LogP contribution in [-0.4, -0.2) is 34.5 Å². The summed E-state index contributed by atoms with van der Waals surface area (Å²) < 4.78 is 6.70. The monoisotopic (exact) mass is 343 g/mol. The van der Waals surface area contributed by atoms with E-state index in [-0.39, 0.29) is 6.03 Å². The number of amides is 2. The zero-order chi connectivity index (χ0) is 16.8. The van der Waals surface area contributed by atoms with Crippen LogP contribution < -0.4 is 10.6 Å². The van der Waals surface area contributed by atoms with Crippen LogP contribution in [0.3, 0.4) is 0 Å². The number of nitrogens with one attached hydrogen (secondary N) is 2. The van der Waals surface area contributed by atoms with E-state index in [1.165, 1.54) is 0 Å². The Kier molecular flexibility index (Phi) is 5.19. The van der Waals surface area contributed by atoms with Gasteiger partial charge in [0.15, 0.2) is 0 Å². The summed E-state index contributed by atoms with van der Waals surface area (Å²) in [6, 6.07) is 7.24. The molecule has 0 bridgehead atoms. The van der Waals surface area contributed by atoms with Gasteiger partial charge in [0.25, 0.3) is 0 Å². The van der Waals surface area contributed by atoms with Crippen molar-refractivity contribution in [3.8, 4) is 10.6 Å². The lowest BCUT2D eigenvalue weighted by Gasteiger charge is -2.07. The van der Waals surface area contributed by atoms with Crippen molar-refractivity contribution >= 4 is 28.7 Å². The zero-order valence-electron chi connectivity index (χ0n) is 13.1. The van der Waals surface area contributed by atoms with Crippen LogP contribution in [0.1, 0.15) is 0 Å². The van der Waals surface area contributed by atoms with Crippen molar-refractivity contribution in [2.75, 3.05) is 24.4 Å². The Morgan fingerprint density at radius 2 is 2.21 bits per heavy atom. The summed E-state index contributed by atoms with van der Waals surface area (Å²) >= 11 is 1.55. The third kappa shape index (κ3) is 4.18. The highest BCUT2D eigenvalue weighted by atomic mass is 32.1. The Bertz CT molecular complexity index is 800. The quantitative estimate of drug-likeness (QED) is 0.719. The van der Waals surface area contributed by atoms with Gasteiger partial charge in [0.1, 0.15) is 5.01 Å². The maximum atomic E-state index is 12.1. The Balaban J connectivity index is 1.61. The van der Waals surface area contributed by atoms with E-state index in [1.807, 2.05) is 29.6 Å². The molecule has 3 rings (SSSR count). The first kappa shape index (κ1) is 16.2. The van der Waals surface area contributed by atoms with Crippen LogP contribution in [0.25, 0.3) is 10.6 Å². The predicted molar refractivity (Wildman–Crippen MR) is 94.3 cm³/mol. The second-order valence-electron chi connectivity index (χ2n) is 4.98. The molecule has 24 heavy (non-hydrogen) atoms. The van der Waals surface area contributed by atoms with Crippen LogP contribution in [0.5, 0.6) is 0 Å². The number of nitrogens with zero attached hydrogens (tertiary/aromatic N) is 3. The molecule has 3 aromatic rings. The summed E-state index contributed by atoms with van der Waals surface area (Å²) in [5.41, 5.74) is 2.29. The third-order valence-corrected chi connectivity index (χ3v) is 4.04. The molecule has 2 aromatic heterocycles. The van der Waals surface area contributed by atoms with E-state index in [0.717, 1.165) is 10.6 Å². The summed E-state index contributed by atoms with van der Waals surface area (Å²) in [4.78, 5) is 16.4. The first-order chi connectivity index (χ1) is 11.7. The molecule has 0 spiro atoms. The lowest BCUT2D eigenvalue weighted by Crippen LogP contribution is -2.19. The highest BCUT2D eigenvalue weighted by molar-refractivity contribution is 7.13. The average molecular weight is 343 g/mol. The second-order valence-corrected chi connectivity index (χ2v) is 5.88. The van der Waals surface area contributed by atoms with E-state index in [4.69, 9.17) is 4.74 Å². The molecule has 0 atom stereocenters. The largest absolute Gasteiger partial charge is 0.383 e. The number of hydrogen-bond donors (Lipinski definition) is 2. The molecule has 0 saturated carbocycles. The fourth-order valence-corrected chi connectivity index (χ4v) is 2.76. The number of urea groups is 1. The summed E-state index contributed by atoms with van der Waals surface area (Å²) in [6.45, 7) is 1.20. The summed E-state index contributed by atoms with van der Waals surface area (Å²) in [5.74, 6) is 0. The van der Waals surface area contributed by atoms with Crippen molar-refractivity contribution in [1.82, 2.24) is 14.8 Å². The molecule has 0 fully saturated rings. The Labute approximate surface area is 143 Å². The Hall–Kier alpha value is -2.71. The zero-order valence-corrected chi connectivity index (χ0v) is 13.9. The van der Waals surface area contributed by atoms with Crippen LogP contribution in [0, 0.1) is 0 Å². The van der Waals surface area contributed by atoms with Crippen molar-refractivity contribution in [1.29, 1.82) is 0 Å². The van der Waals surface area contributed by atoms with Gasteiger partial charge < -0.3 is 15.4 Å². The molecule has 0 aliphatic rings. The van der Waals surface area contributed by atoms with E-state index in [9.17, 15) is 4.79 Å². The summed E-state index contributed by atoms with van der Waals surface area (Å²) in [7, 11) is 1.63. The molecule has 124 valence electrons. The number of rotatable bonds is 6. The average Bonchev–Trinajstić information content (AvgIpc) is 3.25. The van der Waals surface area contributed by atoms with E-state index in [1.54, 1.807) is 41.7 Å². The molecule has 0 unspecified atom stereocenters. The van der Waals surface area contributed by atoms with Crippen LogP contribution in [0.15, 0.2) is 48.2 Å². The van der Waals surface area contributed by atoms with Crippen molar-refractivity contribution in [2.24, 2.45) is 0 Å². The molecule has 0 aliphatic heterocycles. The molecular formula is C16H17N5O2S. The highest BCUT2D eigenvalue weighted by Gasteiger charge is 2.07. The molecule has 2 amide bonds. The lowest BCUT2D eigenvalue weighted by molar-refractivity contribution is 0.183. The molecule has 0 aliphatic carbocycles. The first-order valence-electron chi connectivity index (χ1n) is 7.34. The number of thiazole rings is 1. The maximum Gasteiger partial charge on any atom is 0.323 e. The molecular weight excluding hydrogens is 326 g/mol. The number of ether oxygens (including phenoxy) is 1. The summed E-state index contributed by atoms with van der Waals surface area (Å²) in [6.07, 6.45) is 5.11. The topological polar surface area (TPSA) is 81.1 Å². The van der Waals surface area contributed by atoms with E-state index in [0.29, 0.717) is 24.5 Å². The number of anilines is 2. The SMILES string of the molecule is COCCn1cc(NC(=O)Nc2cccc(-c3nccs3)c2)cn1. The molecule has 7 nitrogen and oxygen atoms in total. The smallest absolute Gasteiger partial charge is 0.323 e. The van der Waals surface area contributed by atoms with Gasteiger partial charge in [-0.3, -0.25) is 4.68 Å². The van der Waals surface area contributed by atoms with Gasteiger partial charge >= 0.3 is 6.03 Å². The van der Waals surface area contributed by atoms with Gasteiger partial charge in [-0.05, 0) is 12.1 Å². The first-order valence-corrected chi connectivity index (χ1v) is 8.22. The van der Waals surface area contributed by atoms with Gasteiger partial charge in [-0.25, -0.2) is 9.78 Å². The van der Waals surface area contributed by atoms with E-state index in [2.05, 4.69) is 20.7 Å². The van der Waals surface area contributed by atoms with Crippen molar-refractivity contribution in [3.05, 3.63) is 48.2 Å². The number of hydrogen-bond acceptors (Lipinski definition) is 5. The normalized spacial score (nSPS) is 10.5. The Morgan fingerprint density at radius 1 is 1.33 bits per heavy atom. The molecule has 0 radical (unpaired) electrons. The predicted octanol–water partition coefficient (Wildman–Crippen LogP) is 3.30. The third-order valence-electron chi connectivity index (χ3n) is 3.22. The molecule has 8 heteroatoms. The standard InChI is InChI=1S/C16H17N5O2S/c1-23-7-6-21-11-14(10-18-21)20-16(22)19-13-4-2-3-12(9-13)15-17-5-8-24-15/h2-5,8-11H,6-7H2,1H3,(H2,19,20,22). The van der Waals surface area contributed by atoms with Gasteiger partial charge in [0, 0.05) is 36.1 Å². The van der Waals surface area contributed by atoms with Crippen LogP contribution in [0.4, 0.5) is 16.2 Å². The maximum absolute atomic E-state index is 12.1. The van der Waals surface area contributed by atoms with Crippen LogP contribution >= 0.6 is 11.3 Å². The van der Waals surface area contributed by atoms with Gasteiger partial charge in [-0.1, -0.05) is 12.1 Å².